The van der Waals surface area contributed by atoms with Crippen LogP contribution in [0.2, 0.25) is 0 Å². The van der Waals surface area contributed by atoms with Crippen molar-refractivity contribution in [2.24, 2.45) is 5.10 Å². The van der Waals surface area contributed by atoms with Gasteiger partial charge in [0, 0.05) is 38.2 Å². The van der Waals surface area contributed by atoms with Crippen LogP contribution >= 0.6 is 0 Å². The molecule has 5 rings (SSSR count). The molecule has 1 fully saturated rings. The molecule has 8 nitrogen and oxygen atoms in total. The van der Waals surface area contributed by atoms with E-state index in [1.165, 1.54) is 22.2 Å². The molecule has 1 saturated heterocycles. The van der Waals surface area contributed by atoms with Crippen LogP contribution in [-0.2, 0) is 9.53 Å². The number of rotatable bonds is 8. The van der Waals surface area contributed by atoms with Crippen molar-refractivity contribution in [2.75, 3.05) is 45.9 Å². The monoisotopic (exact) mass is 518 g/mol. The largest absolute Gasteiger partial charge is 0.459 e. The number of carbonyl (C=O) groups is 2. The molecule has 0 aliphatic carbocycles. The van der Waals surface area contributed by atoms with Crippen LogP contribution in [-0.4, -0.2) is 78.3 Å². The van der Waals surface area contributed by atoms with E-state index < -0.39 is 6.04 Å². The van der Waals surface area contributed by atoms with Crippen LogP contribution in [0.3, 0.4) is 0 Å². The molecular weight excluding hydrogens is 487 g/mol. The fraction of sp³-hybridized carbons (Fsp3) is 0.345. The minimum absolute atomic E-state index is 0.173. The second-order valence-corrected chi connectivity index (χ2v) is 9.55. The average Bonchev–Trinajstić information content (AvgIpc) is 3.63. The van der Waals surface area contributed by atoms with E-state index in [0.29, 0.717) is 44.0 Å². The van der Waals surface area contributed by atoms with E-state index in [1.54, 1.807) is 30.3 Å². The van der Waals surface area contributed by atoms with Gasteiger partial charge in [0.05, 0.1) is 31.2 Å². The zero-order chi connectivity index (χ0) is 26.5. The van der Waals surface area contributed by atoms with Crippen molar-refractivity contribution in [3.05, 3.63) is 95.2 Å². The van der Waals surface area contributed by atoms with Crippen molar-refractivity contribution in [1.82, 2.24) is 14.8 Å². The van der Waals surface area contributed by atoms with Gasteiger partial charge in [0.15, 0.2) is 5.76 Å². The van der Waals surface area contributed by atoms with Crippen molar-refractivity contribution in [3.63, 3.8) is 0 Å². The van der Waals surface area contributed by atoms with Gasteiger partial charge in [0.25, 0.3) is 11.8 Å². The van der Waals surface area contributed by atoms with Gasteiger partial charge in [-0.05, 0) is 30.7 Å². The number of benzene rings is 2. The maximum atomic E-state index is 14.6. The van der Waals surface area contributed by atoms with Gasteiger partial charge in [0.1, 0.15) is 12.4 Å². The van der Waals surface area contributed by atoms with Gasteiger partial charge < -0.3 is 14.1 Å². The number of hydrazone groups is 1. The van der Waals surface area contributed by atoms with E-state index in [-0.39, 0.29) is 29.9 Å². The molecule has 3 heterocycles. The molecule has 2 amide bonds. The van der Waals surface area contributed by atoms with Gasteiger partial charge in [-0.15, -0.1) is 0 Å². The predicted molar refractivity (Wildman–Crippen MR) is 140 cm³/mol. The Morgan fingerprint density at radius 3 is 2.53 bits per heavy atom. The third kappa shape index (κ3) is 5.84. The molecule has 1 aromatic heterocycles. The van der Waals surface area contributed by atoms with Gasteiger partial charge in [0.2, 0.25) is 0 Å². The second-order valence-electron chi connectivity index (χ2n) is 9.55. The number of halogens is 1. The van der Waals surface area contributed by atoms with Crippen molar-refractivity contribution >= 4 is 17.5 Å². The number of ether oxygens (including phenoxy) is 1. The molecule has 0 N–H and O–H groups in total. The molecule has 2 aliphatic heterocycles. The van der Waals surface area contributed by atoms with Crippen LogP contribution in [0.1, 0.15) is 39.7 Å². The Bertz CT molecular complexity index is 1290. The summed E-state index contributed by atoms with van der Waals surface area (Å²) < 4.78 is 25.4. The van der Waals surface area contributed by atoms with Gasteiger partial charge in [-0.1, -0.05) is 48.0 Å². The summed E-state index contributed by atoms with van der Waals surface area (Å²) in [5, 5.41) is 6.00. The minimum atomic E-state index is -0.405. The van der Waals surface area contributed by atoms with Gasteiger partial charge in [-0.2, -0.15) is 5.10 Å². The molecular formula is C29H31FN4O4. The van der Waals surface area contributed by atoms with Crippen LogP contribution < -0.4 is 0 Å². The van der Waals surface area contributed by atoms with Crippen LogP contribution in [0, 0.1) is 12.7 Å². The van der Waals surface area contributed by atoms with E-state index in [1.807, 2.05) is 31.2 Å². The Hall–Kier alpha value is -3.82. The van der Waals surface area contributed by atoms with Crippen molar-refractivity contribution in [2.45, 2.75) is 19.4 Å². The summed E-state index contributed by atoms with van der Waals surface area (Å²) in [6, 6.07) is 17.2. The fourth-order valence-corrected chi connectivity index (χ4v) is 4.78. The summed E-state index contributed by atoms with van der Waals surface area (Å²) in [5.41, 5.74) is 2.87. The summed E-state index contributed by atoms with van der Waals surface area (Å²) in [6.45, 7) is 5.60. The SMILES string of the molecule is Cc1ccc([C@H]2CC(c3ccccc3F)=NN2C(=O)CN(CCN2CCOCC2)C(=O)c2ccco2)cc1. The van der Waals surface area contributed by atoms with Crippen LogP contribution in [0.25, 0.3) is 0 Å². The van der Waals surface area contributed by atoms with E-state index in [4.69, 9.17) is 9.15 Å². The summed E-state index contributed by atoms with van der Waals surface area (Å²) in [4.78, 5) is 30.7. The number of nitrogens with zero attached hydrogens (tertiary/aromatic N) is 4. The number of aryl methyl sites for hydroxylation is 1. The highest BCUT2D eigenvalue weighted by atomic mass is 19.1. The van der Waals surface area contributed by atoms with E-state index in [9.17, 15) is 14.0 Å². The number of carbonyl (C=O) groups excluding carboxylic acids is 2. The lowest BCUT2D eigenvalue weighted by molar-refractivity contribution is -0.133. The normalized spacial score (nSPS) is 17.9. The Morgan fingerprint density at radius 1 is 1.05 bits per heavy atom. The van der Waals surface area contributed by atoms with Crippen molar-refractivity contribution < 1.29 is 23.1 Å². The molecule has 0 radical (unpaired) electrons. The molecule has 0 saturated carbocycles. The Balaban J connectivity index is 1.40. The number of hydrogen-bond acceptors (Lipinski definition) is 6. The molecule has 2 aliphatic rings. The first kappa shape index (κ1) is 25.8. The first-order valence-electron chi connectivity index (χ1n) is 12.8. The van der Waals surface area contributed by atoms with Crippen molar-refractivity contribution in [1.29, 1.82) is 0 Å². The summed E-state index contributed by atoms with van der Waals surface area (Å²) in [6.07, 6.45) is 1.81. The number of furan rings is 1. The lowest BCUT2D eigenvalue weighted by atomic mass is 9.97. The zero-order valence-corrected chi connectivity index (χ0v) is 21.4. The van der Waals surface area contributed by atoms with E-state index in [2.05, 4.69) is 10.0 Å². The maximum Gasteiger partial charge on any atom is 0.290 e. The standard InChI is InChI=1S/C29H31FN4O4/c1-21-8-10-22(11-9-21)26-19-25(23-5-2-3-6-24(23)30)31-34(26)28(35)20-33(29(36)27-7-4-16-38-27)13-12-32-14-17-37-18-15-32/h2-11,16,26H,12-15,17-20H2,1H3/t26-/m1/s1. The Kier molecular flexibility index (Phi) is 7.95. The van der Waals surface area contributed by atoms with Crippen LogP contribution in [0.5, 0.6) is 0 Å². The van der Waals surface area contributed by atoms with Crippen LogP contribution in [0.4, 0.5) is 4.39 Å². The predicted octanol–water partition coefficient (Wildman–Crippen LogP) is 3.88. The number of morpholine rings is 1. The first-order valence-corrected chi connectivity index (χ1v) is 12.8. The highest BCUT2D eigenvalue weighted by Crippen LogP contribution is 2.33. The summed E-state index contributed by atoms with van der Waals surface area (Å²) >= 11 is 0. The molecule has 0 unspecified atom stereocenters. The number of amides is 2. The zero-order valence-electron chi connectivity index (χ0n) is 21.4. The maximum absolute atomic E-state index is 14.6. The molecule has 0 bridgehead atoms. The summed E-state index contributed by atoms with van der Waals surface area (Å²) in [7, 11) is 0. The van der Waals surface area contributed by atoms with Gasteiger partial charge in [-0.3, -0.25) is 14.5 Å². The molecule has 9 heteroatoms. The van der Waals surface area contributed by atoms with Crippen molar-refractivity contribution in [3.8, 4) is 0 Å². The van der Waals surface area contributed by atoms with Crippen LogP contribution in [0.15, 0.2) is 76.4 Å². The minimum Gasteiger partial charge on any atom is -0.459 e. The number of hydrogen-bond donors (Lipinski definition) is 0. The third-order valence-electron chi connectivity index (χ3n) is 6.95. The molecule has 3 aromatic rings. The third-order valence-corrected chi connectivity index (χ3v) is 6.95. The summed E-state index contributed by atoms with van der Waals surface area (Å²) in [5.74, 6) is -0.917. The Labute approximate surface area is 221 Å². The average molecular weight is 519 g/mol. The van der Waals surface area contributed by atoms with Gasteiger partial charge in [-0.25, -0.2) is 9.40 Å². The lowest BCUT2D eigenvalue weighted by Gasteiger charge is -2.30. The van der Waals surface area contributed by atoms with E-state index in [0.717, 1.165) is 24.2 Å². The highest BCUT2D eigenvalue weighted by molar-refractivity contribution is 6.03. The quantitative estimate of drug-likeness (QED) is 0.452. The molecule has 38 heavy (non-hydrogen) atoms. The second kappa shape index (κ2) is 11.7. The highest BCUT2D eigenvalue weighted by Gasteiger charge is 2.35. The molecule has 0 spiro atoms. The smallest absolute Gasteiger partial charge is 0.290 e. The van der Waals surface area contributed by atoms with E-state index >= 15 is 0 Å². The lowest BCUT2D eigenvalue weighted by Crippen LogP contribution is -2.46. The first-order chi connectivity index (χ1) is 18.5. The molecule has 2 aromatic carbocycles. The molecule has 198 valence electrons. The molecule has 1 atom stereocenters. The Morgan fingerprint density at radius 2 is 1.82 bits per heavy atom. The fourth-order valence-electron chi connectivity index (χ4n) is 4.78. The van der Waals surface area contributed by atoms with Gasteiger partial charge >= 0.3 is 0 Å². The topological polar surface area (TPSA) is 78.6 Å².